The molecule has 1 heterocycles. The SMILES string of the molecule is CCCCCCCC(=O)NCc1nnc(SCc2cccc(OC)c2)n1-c1cc(Cl)ccc1C. The van der Waals surface area contributed by atoms with Gasteiger partial charge in [0.2, 0.25) is 5.91 Å². The molecule has 0 spiro atoms. The molecule has 1 aromatic heterocycles. The number of amides is 1. The first kappa shape index (κ1) is 26.1. The number of benzene rings is 2. The third kappa shape index (κ3) is 7.50. The van der Waals surface area contributed by atoms with E-state index in [2.05, 4.69) is 28.5 Å². The summed E-state index contributed by atoms with van der Waals surface area (Å²) in [6.45, 7) is 4.53. The predicted molar refractivity (Wildman–Crippen MR) is 139 cm³/mol. The molecule has 8 heteroatoms. The van der Waals surface area contributed by atoms with Crippen molar-refractivity contribution in [2.45, 2.75) is 69.8 Å². The Hall–Kier alpha value is -2.51. The van der Waals surface area contributed by atoms with Crippen molar-refractivity contribution < 1.29 is 9.53 Å². The molecule has 3 rings (SSSR count). The summed E-state index contributed by atoms with van der Waals surface area (Å²) in [5.41, 5.74) is 3.09. The Morgan fingerprint density at radius 2 is 1.94 bits per heavy atom. The van der Waals surface area contributed by atoms with Crippen LogP contribution < -0.4 is 10.1 Å². The van der Waals surface area contributed by atoms with E-state index in [4.69, 9.17) is 16.3 Å². The van der Waals surface area contributed by atoms with Crippen molar-refractivity contribution >= 4 is 29.3 Å². The Balaban J connectivity index is 1.75. The molecule has 0 aliphatic carbocycles. The fraction of sp³-hybridized carbons (Fsp3) is 0.423. The van der Waals surface area contributed by atoms with Crippen molar-refractivity contribution in [3.8, 4) is 11.4 Å². The minimum absolute atomic E-state index is 0.0412. The molecule has 0 unspecified atom stereocenters. The van der Waals surface area contributed by atoms with Gasteiger partial charge in [-0.2, -0.15) is 0 Å². The number of hydrogen-bond donors (Lipinski definition) is 1. The number of rotatable bonds is 13. The van der Waals surface area contributed by atoms with Crippen LogP contribution in [0, 0.1) is 6.92 Å². The van der Waals surface area contributed by atoms with E-state index in [1.54, 1.807) is 18.9 Å². The van der Waals surface area contributed by atoms with Crippen molar-refractivity contribution in [1.82, 2.24) is 20.1 Å². The lowest BCUT2D eigenvalue weighted by Gasteiger charge is -2.14. The second-order valence-electron chi connectivity index (χ2n) is 8.25. The van der Waals surface area contributed by atoms with Crippen LogP contribution in [0.4, 0.5) is 0 Å². The van der Waals surface area contributed by atoms with E-state index >= 15 is 0 Å². The number of aryl methyl sites for hydroxylation is 1. The number of carbonyl (C=O) groups excluding carboxylic acids is 1. The van der Waals surface area contributed by atoms with Gasteiger partial charge < -0.3 is 10.1 Å². The van der Waals surface area contributed by atoms with Crippen LogP contribution in [-0.4, -0.2) is 27.8 Å². The zero-order valence-corrected chi connectivity index (χ0v) is 21.7. The molecule has 34 heavy (non-hydrogen) atoms. The molecule has 3 aromatic rings. The minimum atomic E-state index is 0.0412. The average Bonchev–Trinajstić information content (AvgIpc) is 3.25. The fourth-order valence-electron chi connectivity index (χ4n) is 3.64. The number of unbranched alkanes of at least 4 members (excludes halogenated alkanes) is 4. The van der Waals surface area contributed by atoms with Crippen LogP contribution in [0.25, 0.3) is 5.69 Å². The van der Waals surface area contributed by atoms with Gasteiger partial charge in [0.1, 0.15) is 5.75 Å². The fourth-order valence-corrected chi connectivity index (χ4v) is 4.71. The van der Waals surface area contributed by atoms with E-state index < -0.39 is 0 Å². The zero-order chi connectivity index (χ0) is 24.3. The molecule has 0 radical (unpaired) electrons. The maximum Gasteiger partial charge on any atom is 0.220 e. The summed E-state index contributed by atoms with van der Waals surface area (Å²) < 4.78 is 7.33. The zero-order valence-electron chi connectivity index (χ0n) is 20.1. The first-order valence-corrected chi connectivity index (χ1v) is 13.1. The number of carbonyl (C=O) groups is 1. The molecule has 1 N–H and O–H groups in total. The van der Waals surface area contributed by atoms with E-state index in [0.717, 1.165) is 40.6 Å². The van der Waals surface area contributed by atoms with Gasteiger partial charge in [0, 0.05) is 17.2 Å². The lowest BCUT2D eigenvalue weighted by molar-refractivity contribution is -0.121. The van der Waals surface area contributed by atoms with Crippen LogP contribution in [0.5, 0.6) is 5.75 Å². The molecule has 1 amide bonds. The summed E-state index contributed by atoms with van der Waals surface area (Å²) in [6.07, 6.45) is 6.13. The van der Waals surface area contributed by atoms with Crippen molar-refractivity contribution in [2.24, 2.45) is 0 Å². The lowest BCUT2D eigenvalue weighted by atomic mass is 10.1. The quantitative estimate of drug-likeness (QED) is 0.214. The lowest BCUT2D eigenvalue weighted by Crippen LogP contribution is -2.24. The third-order valence-corrected chi connectivity index (χ3v) is 6.80. The predicted octanol–water partition coefficient (Wildman–Crippen LogP) is 6.51. The van der Waals surface area contributed by atoms with Gasteiger partial charge in [-0.1, -0.05) is 74.2 Å². The van der Waals surface area contributed by atoms with Crippen molar-refractivity contribution in [3.63, 3.8) is 0 Å². The number of halogens is 1. The number of ether oxygens (including phenoxy) is 1. The number of nitrogens with one attached hydrogen (secondary N) is 1. The van der Waals surface area contributed by atoms with Gasteiger partial charge >= 0.3 is 0 Å². The summed E-state index contributed by atoms with van der Waals surface area (Å²) in [4.78, 5) is 12.4. The van der Waals surface area contributed by atoms with E-state index in [9.17, 15) is 4.79 Å². The van der Waals surface area contributed by atoms with Crippen LogP contribution >= 0.6 is 23.4 Å². The summed E-state index contributed by atoms with van der Waals surface area (Å²) in [5, 5.41) is 13.3. The average molecular weight is 501 g/mol. The van der Waals surface area contributed by atoms with Gasteiger partial charge in [-0.3, -0.25) is 9.36 Å². The first-order chi connectivity index (χ1) is 16.5. The Labute approximate surface area is 211 Å². The molecule has 0 atom stereocenters. The van der Waals surface area contributed by atoms with Crippen LogP contribution in [0.2, 0.25) is 5.02 Å². The maximum atomic E-state index is 12.4. The maximum absolute atomic E-state index is 12.4. The topological polar surface area (TPSA) is 69.0 Å². The Morgan fingerprint density at radius 1 is 1.12 bits per heavy atom. The van der Waals surface area contributed by atoms with Crippen LogP contribution in [0.15, 0.2) is 47.6 Å². The highest BCUT2D eigenvalue weighted by Gasteiger charge is 2.17. The number of nitrogens with zero attached hydrogens (tertiary/aromatic N) is 3. The highest BCUT2D eigenvalue weighted by Crippen LogP contribution is 2.29. The highest BCUT2D eigenvalue weighted by atomic mass is 35.5. The summed E-state index contributed by atoms with van der Waals surface area (Å²) in [6, 6.07) is 13.7. The van der Waals surface area contributed by atoms with E-state index in [0.29, 0.717) is 29.6 Å². The molecule has 0 fully saturated rings. The van der Waals surface area contributed by atoms with Crippen molar-refractivity contribution in [2.75, 3.05) is 7.11 Å². The molecule has 2 aromatic carbocycles. The highest BCUT2D eigenvalue weighted by molar-refractivity contribution is 7.98. The molecule has 0 aliphatic heterocycles. The standard InChI is InChI=1S/C26H33ClN4O2S/c1-4-5-6-7-8-12-25(32)28-17-24-29-30-26(31(24)23-16-21(27)14-13-19(23)2)34-18-20-10-9-11-22(15-20)33-3/h9-11,13-16H,4-8,12,17-18H2,1-3H3,(H,28,32). The molecule has 0 saturated carbocycles. The van der Waals surface area contributed by atoms with Gasteiger partial charge in [0.05, 0.1) is 19.3 Å². The second-order valence-corrected chi connectivity index (χ2v) is 9.63. The second kappa shape index (κ2) is 13.4. The van der Waals surface area contributed by atoms with Crippen molar-refractivity contribution in [1.29, 1.82) is 0 Å². The third-order valence-electron chi connectivity index (χ3n) is 5.57. The van der Waals surface area contributed by atoms with E-state index in [1.165, 1.54) is 19.3 Å². The molecular formula is C26H33ClN4O2S. The van der Waals surface area contributed by atoms with Gasteiger partial charge in [-0.15, -0.1) is 10.2 Å². The number of methoxy groups -OCH3 is 1. The van der Waals surface area contributed by atoms with Crippen LogP contribution in [0.1, 0.15) is 62.4 Å². The van der Waals surface area contributed by atoms with Gasteiger partial charge in [-0.05, 0) is 48.7 Å². The normalized spacial score (nSPS) is 10.9. The monoisotopic (exact) mass is 500 g/mol. The van der Waals surface area contributed by atoms with Crippen molar-refractivity contribution in [3.05, 3.63) is 64.4 Å². The number of hydrogen-bond acceptors (Lipinski definition) is 5. The first-order valence-electron chi connectivity index (χ1n) is 11.7. The van der Waals surface area contributed by atoms with Gasteiger partial charge in [0.25, 0.3) is 0 Å². The number of aromatic nitrogens is 3. The molecule has 182 valence electrons. The molecule has 0 saturated heterocycles. The molecular weight excluding hydrogens is 468 g/mol. The Morgan fingerprint density at radius 3 is 2.74 bits per heavy atom. The summed E-state index contributed by atoms with van der Waals surface area (Å²) in [7, 11) is 1.66. The summed E-state index contributed by atoms with van der Waals surface area (Å²) >= 11 is 7.90. The molecule has 6 nitrogen and oxygen atoms in total. The van der Waals surface area contributed by atoms with Gasteiger partial charge in [0.15, 0.2) is 11.0 Å². The van der Waals surface area contributed by atoms with Crippen LogP contribution in [0.3, 0.4) is 0 Å². The largest absolute Gasteiger partial charge is 0.497 e. The minimum Gasteiger partial charge on any atom is -0.497 e. The Kier molecular flexibility index (Phi) is 10.3. The van der Waals surface area contributed by atoms with E-state index in [-0.39, 0.29) is 5.91 Å². The Bertz CT molecular complexity index is 1090. The smallest absolute Gasteiger partial charge is 0.220 e. The van der Waals surface area contributed by atoms with E-state index in [1.807, 2.05) is 47.9 Å². The summed E-state index contributed by atoms with van der Waals surface area (Å²) in [5.74, 6) is 2.25. The van der Waals surface area contributed by atoms with Crippen LogP contribution in [-0.2, 0) is 17.1 Å². The molecule has 0 aliphatic rings. The number of thioether (sulfide) groups is 1. The molecule has 0 bridgehead atoms. The van der Waals surface area contributed by atoms with Gasteiger partial charge in [-0.25, -0.2) is 0 Å².